The molecule has 5 heteroatoms. The standard InChI is InChI=1S/C16H14N2O2S/c19-14-6-7-15(21-10-12-4-2-1-3-5-12)13(8-14)9-16-18-17-11-20-16/h1-8,11,19H,9-10H2. The Labute approximate surface area is 126 Å². The molecule has 4 nitrogen and oxygen atoms in total. The van der Waals surface area contributed by atoms with Crippen LogP contribution in [0.5, 0.6) is 5.75 Å². The van der Waals surface area contributed by atoms with E-state index in [4.69, 9.17) is 4.42 Å². The highest BCUT2D eigenvalue weighted by molar-refractivity contribution is 7.98. The van der Waals surface area contributed by atoms with Crippen molar-refractivity contribution in [2.45, 2.75) is 17.1 Å². The first-order chi connectivity index (χ1) is 10.3. The first-order valence-corrected chi connectivity index (χ1v) is 7.53. The molecule has 0 bridgehead atoms. The van der Waals surface area contributed by atoms with Crippen molar-refractivity contribution in [1.29, 1.82) is 0 Å². The zero-order valence-corrected chi connectivity index (χ0v) is 12.1. The number of nitrogens with zero attached hydrogens (tertiary/aromatic N) is 2. The molecule has 0 atom stereocenters. The molecule has 1 N–H and O–H groups in total. The summed E-state index contributed by atoms with van der Waals surface area (Å²) in [5.41, 5.74) is 2.25. The number of phenols is 1. The van der Waals surface area contributed by atoms with E-state index in [0.29, 0.717) is 12.3 Å². The molecule has 3 aromatic rings. The Morgan fingerprint density at radius 3 is 2.71 bits per heavy atom. The second-order valence-corrected chi connectivity index (χ2v) is 5.59. The molecule has 0 saturated heterocycles. The first kappa shape index (κ1) is 13.7. The maximum Gasteiger partial charge on any atom is 0.220 e. The van der Waals surface area contributed by atoms with Gasteiger partial charge in [0.2, 0.25) is 12.3 Å². The molecule has 0 aliphatic heterocycles. The number of thioether (sulfide) groups is 1. The summed E-state index contributed by atoms with van der Waals surface area (Å²) in [6.07, 6.45) is 1.83. The Balaban J connectivity index is 1.77. The zero-order chi connectivity index (χ0) is 14.5. The Kier molecular flexibility index (Phi) is 4.21. The van der Waals surface area contributed by atoms with Gasteiger partial charge in [0, 0.05) is 10.6 Å². The van der Waals surface area contributed by atoms with E-state index >= 15 is 0 Å². The van der Waals surface area contributed by atoms with Crippen LogP contribution in [0, 0.1) is 0 Å². The van der Waals surface area contributed by atoms with Crippen LogP contribution in [0.2, 0.25) is 0 Å². The number of phenolic OH excluding ortho intramolecular Hbond substituents is 1. The summed E-state index contributed by atoms with van der Waals surface area (Å²) >= 11 is 1.73. The minimum Gasteiger partial charge on any atom is -0.508 e. The van der Waals surface area contributed by atoms with E-state index in [1.54, 1.807) is 23.9 Å². The molecule has 2 aromatic carbocycles. The third kappa shape index (κ3) is 3.64. The second kappa shape index (κ2) is 6.45. The molecule has 1 heterocycles. The van der Waals surface area contributed by atoms with Gasteiger partial charge in [0.1, 0.15) is 5.75 Å². The normalized spacial score (nSPS) is 10.7. The van der Waals surface area contributed by atoms with Gasteiger partial charge in [0.15, 0.2) is 0 Å². The minimum atomic E-state index is 0.244. The summed E-state index contributed by atoms with van der Waals surface area (Å²) < 4.78 is 5.18. The predicted molar refractivity (Wildman–Crippen MR) is 81.2 cm³/mol. The van der Waals surface area contributed by atoms with Crippen LogP contribution in [0.15, 0.2) is 64.2 Å². The van der Waals surface area contributed by atoms with Crippen molar-refractivity contribution in [1.82, 2.24) is 10.2 Å². The third-order valence-corrected chi connectivity index (χ3v) is 4.22. The van der Waals surface area contributed by atoms with Gasteiger partial charge in [-0.2, -0.15) is 0 Å². The number of hydrogen-bond acceptors (Lipinski definition) is 5. The number of aromatic hydroxyl groups is 1. The summed E-state index contributed by atoms with van der Waals surface area (Å²) in [5, 5.41) is 17.2. The van der Waals surface area contributed by atoms with Crippen molar-refractivity contribution in [2.24, 2.45) is 0 Å². The van der Waals surface area contributed by atoms with Crippen molar-refractivity contribution in [3.63, 3.8) is 0 Å². The van der Waals surface area contributed by atoms with Gasteiger partial charge in [-0.05, 0) is 29.3 Å². The minimum absolute atomic E-state index is 0.244. The molecular formula is C16H14N2O2S. The maximum absolute atomic E-state index is 9.68. The summed E-state index contributed by atoms with van der Waals surface area (Å²) in [6, 6.07) is 15.7. The number of benzene rings is 2. The lowest BCUT2D eigenvalue weighted by Gasteiger charge is -2.08. The maximum atomic E-state index is 9.68. The Morgan fingerprint density at radius 2 is 1.95 bits per heavy atom. The molecular weight excluding hydrogens is 284 g/mol. The SMILES string of the molecule is Oc1ccc(SCc2ccccc2)c(Cc2nnco2)c1. The van der Waals surface area contributed by atoms with Crippen LogP contribution in [0.1, 0.15) is 17.0 Å². The van der Waals surface area contributed by atoms with Crippen LogP contribution >= 0.6 is 11.8 Å². The average Bonchev–Trinajstić information content (AvgIpc) is 3.00. The molecule has 0 radical (unpaired) electrons. The van der Waals surface area contributed by atoms with Gasteiger partial charge in [0.05, 0.1) is 6.42 Å². The van der Waals surface area contributed by atoms with Crippen LogP contribution in [-0.4, -0.2) is 15.3 Å². The Bertz CT molecular complexity index is 700. The van der Waals surface area contributed by atoms with Crippen molar-refractivity contribution in [3.05, 3.63) is 71.9 Å². The smallest absolute Gasteiger partial charge is 0.220 e. The fourth-order valence-electron chi connectivity index (χ4n) is 2.02. The molecule has 1 aromatic heterocycles. The summed E-state index contributed by atoms with van der Waals surface area (Å²) in [5.74, 6) is 1.67. The highest BCUT2D eigenvalue weighted by Crippen LogP contribution is 2.30. The third-order valence-electron chi connectivity index (χ3n) is 3.03. The van der Waals surface area contributed by atoms with E-state index in [9.17, 15) is 5.11 Å². The zero-order valence-electron chi connectivity index (χ0n) is 11.3. The lowest BCUT2D eigenvalue weighted by molar-refractivity contribution is 0.472. The van der Waals surface area contributed by atoms with E-state index < -0.39 is 0 Å². The predicted octanol–water partition coefficient (Wildman–Crippen LogP) is 3.66. The lowest BCUT2D eigenvalue weighted by atomic mass is 10.1. The van der Waals surface area contributed by atoms with Crippen molar-refractivity contribution in [2.75, 3.05) is 0 Å². The van der Waals surface area contributed by atoms with E-state index in [1.807, 2.05) is 24.3 Å². The average molecular weight is 298 g/mol. The fraction of sp³-hybridized carbons (Fsp3) is 0.125. The van der Waals surface area contributed by atoms with Gasteiger partial charge in [0.25, 0.3) is 0 Å². The lowest BCUT2D eigenvalue weighted by Crippen LogP contribution is -1.92. The topological polar surface area (TPSA) is 59.2 Å². The molecule has 0 spiro atoms. The molecule has 3 rings (SSSR count). The van der Waals surface area contributed by atoms with Crippen molar-refractivity contribution in [3.8, 4) is 5.75 Å². The summed E-state index contributed by atoms with van der Waals surface area (Å²) in [7, 11) is 0. The molecule has 0 unspecified atom stereocenters. The van der Waals surface area contributed by atoms with Gasteiger partial charge < -0.3 is 9.52 Å². The van der Waals surface area contributed by atoms with E-state index in [-0.39, 0.29) is 5.75 Å². The quantitative estimate of drug-likeness (QED) is 0.728. The first-order valence-electron chi connectivity index (χ1n) is 6.55. The van der Waals surface area contributed by atoms with Gasteiger partial charge in [-0.15, -0.1) is 22.0 Å². The molecule has 0 saturated carbocycles. The van der Waals surface area contributed by atoms with Crippen molar-refractivity contribution < 1.29 is 9.52 Å². The molecule has 0 aliphatic carbocycles. The number of aromatic nitrogens is 2. The van der Waals surface area contributed by atoms with Crippen LogP contribution in [0.4, 0.5) is 0 Å². The van der Waals surface area contributed by atoms with Gasteiger partial charge in [-0.3, -0.25) is 0 Å². The molecule has 106 valence electrons. The largest absolute Gasteiger partial charge is 0.508 e. The van der Waals surface area contributed by atoms with Gasteiger partial charge in [-0.1, -0.05) is 30.3 Å². The highest BCUT2D eigenvalue weighted by atomic mass is 32.2. The molecule has 21 heavy (non-hydrogen) atoms. The van der Waals surface area contributed by atoms with Crippen molar-refractivity contribution >= 4 is 11.8 Å². The van der Waals surface area contributed by atoms with Crippen LogP contribution in [-0.2, 0) is 12.2 Å². The summed E-state index contributed by atoms with van der Waals surface area (Å²) in [4.78, 5) is 1.11. The van der Waals surface area contributed by atoms with Gasteiger partial charge in [-0.25, -0.2) is 0 Å². The van der Waals surface area contributed by atoms with Crippen LogP contribution < -0.4 is 0 Å². The van der Waals surface area contributed by atoms with E-state index in [2.05, 4.69) is 22.3 Å². The number of hydrogen-bond donors (Lipinski definition) is 1. The summed E-state index contributed by atoms with van der Waals surface area (Å²) in [6.45, 7) is 0. The Morgan fingerprint density at radius 1 is 1.10 bits per heavy atom. The molecule has 0 amide bonds. The monoisotopic (exact) mass is 298 g/mol. The fourth-order valence-corrected chi connectivity index (χ4v) is 3.01. The van der Waals surface area contributed by atoms with Crippen LogP contribution in [0.3, 0.4) is 0 Å². The van der Waals surface area contributed by atoms with E-state index in [0.717, 1.165) is 16.2 Å². The van der Waals surface area contributed by atoms with Crippen LogP contribution in [0.25, 0.3) is 0 Å². The second-order valence-electron chi connectivity index (χ2n) is 4.58. The van der Waals surface area contributed by atoms with Gasteiger partial charge >= 0.3 is 0 Å². The Hall–Kier alpha value is -2.27. The van der Waals surface area contributed by atoms with E-state index in [1.165, 1.54) is 12.0 Å². The molecule has 0 aliphatic rings. The highest BCUT2D eigenvalue weighted by Gasteiger charge is 2.09. The molecule has 0 fully saturated rings. The number of rotatable bonds is 5.